The normalized spacial score (nSPS) is 19.1. The van der Waals surface area contributed by atoms with Crippen LogP contribution in [0.15, 0.2) is 69.7 Å². The molecule has 4 aromatic rings. The lowest BCUT2D eigenvalue weighted by Crippen LogP contribution is -2.40. The van der Waals surface area contributed by atoms with E-state index in [9.17, 15) is 9.59 Å². The Morgan fingerprint density at radius 2 is 1.86 bits per heavy atom. The highest BCUT2D eigenvalue weighted by molar-refractivity contribution is 6.07. The van der Waals surface area contributed by atoms with Gasteiger partial charge in [0.15, 0.2) is 5.76 Å². The van der Waals surface area contributed by atoms with E-state index in [4.69, 9.17) is 8.83 Å². The van der Waals surface area contributed by atoms with Gasteiger partial charge in [0.25, 0.3) is 11.8 Å². The minimum Gasteiger partial charge on any atom is -0.459 e. The maximum absolute atomic E-state index is 13.1. The molecule has 2 aromatic carbocycles. The number of hydrogen-bond donors (Lipinski definition) is 1. The summed E-state index contributed by atoms with van der Waals surface area (Å²) in [5.74, 6) is 0.370. The van der Waals surface area contributed by atoms with Crippen LogP contribution in [0, 0.1) is 0 Å². The molecule has 0 radical (unpaired) electrons. The first-order chi connectivity index (χ1) is 14.0. The van der Waals surface area contributed by atoms with E-state index in [0.29, 0.717) is 11.3 Å². The zero-order valence-electron chi connectivity index (χ0n) is 15.5. The molecular formula is C21H16N4O4. The van der Waals surface area contributed by atoms with Gasteiger partial charge in [0, 0.05) is 0 Å². The van der Waals surface area contributed by atoms with E-state index >= 15 is 0 Å². The van der Waals surface area contributed by atoms with Gasteiger partial charge in [0.05, 0.1) is 6.26 Å². The average molecular weight is 388 g/mol. The van der Waals surface area contributed by atoms with Crippen LogP contribution in [0.1, 0.15) is 18.4 Å². The molecule has 8 heteroatoms. The van der Waals surface area contributed by atoms with Crippen molar-refractivity contribution >= 4 is 22.7 Å². The fraction of sp³-hybridized carbons (Fsp3) is 0.143. The number of urea groups is 1. The number of nitrogens with one attached hydrogen (secondary N) is 1. The van der Waals surface area contributed by atoms with E-state index < -0.39 is 11.6 Å². The second-order valence-electron chi connectivity index (χ2n) is 6.99. The summed E-state index contributed by atoms with van der Waals surface area (Å²) in [5, 5.41) is 12.7. The Hall–Kier alpha value is -3.94. The van der Waals surface area contributed by atoms with Gasteiger partial charge in [-0.3, -0.25) is 9.69 Å². The van der Waals surface area contributed by atoms with Crippen LogP contribution in [-0.4, -0.2) is 27.0 Å². The maximum atomic E-state index is 13.1. The smallest absolute Gasteiger partial charge is 0.325 e. The fourth-order valence-electron chi connectivity index (χ4n) is 3.49. The summed E-state index contributed by atoms with van der Waals surface area (Å²) in [6.07, 6.45) is 1.49. The molecule has 1 saturated heterocycles. The van der Waals surface area contributed by atoms with Crippen molar-refractivity contribution in [1.82, 2.24) is 20.4 Å². The lowest BCUT2D eigenvalue weighted by Gasteiger charge is -2.22. The maximum Gasteiger partial charge on any atom is 0.325 e. The van der Waals surface area contributed by atoms with Crippen LogP contribution in [0.4, 0.5) is 4.79 Å². The number of hydrogen-bond acceptors (Lipinski definition) is 6. The number of amides is 3. The second kappa shape index (κ2) is 6.30. The molecule has 5 rings (SSSR count). The minimum absolute atomic E-state index is 0.123. The van der Waals surface area contributed by atoms with Crippen molar-refractivity contribution in [3.8, 4) is 11.7 Å². The Kier molecular flexibility index (Phi) is 3.73. The number of aromatic nitrogens is 2. The molecule has 1 aliphatic rings. The molecule has 3 amide bonds. The molecule has 0 saturated carbocycles. The summed E-state index contributed by atoms with van der Waals surface area (Å²) < 4.78 is 10.7. The molecule has 0 spiro atoms. The van der Waals surface area contributed by atoms with E-state index in [0.717, 1.165) is 15.7 Å². The number of fused-ring (bicyclic) bond motifs is 1. The fourth-order valence-corrected chi connectivity index (χ4v) is 3.49. The standard InChI is InChI=1S/C21H16N4O4/c1-21(15-9-8-13-5-2-3-6-14(13)11-15)19(26)25(20(27)22-21)12-17-23-24-18(29-17)16-7-4-10-28-16/h2-11H,12H2,1H3,(H,22,27)/t21-/m1/s1. The van der Waals surface area contributed by atoms with E-state index in [-0.39, 0.29) is 24.2 Å². The Balaban J connectivity index is 1.43. The first-order valence-corrected chi connectivity index (χ1v) is 9.04. The highest BCUT2D eigenvalue weighted by Gasteiger charge is 2.49. The van der Waals surface area contributed by atoms with Crippen LogP contribution in [-0.2, 0) is 16.9 Å². The second-order valence-corrected chi connectivity index (χ2v) is 6.99. The quantitative estimate of drug-likeness (QED) is 0.537. The van der Waals surface area contributed by atoms with Crippen LogP contribution in [0.2, 0.25) is 0 Å². The van der Waals surface area contributed by atoms with Crippen LogP contribution in [0.3, 0.4) is 0 Å². The third kappa shape index (κ3) is 2.77. The van der Waals surface area contributed by atoms with Crippen LogP contribution in [0.5, 0.6) is 0 Å². The van der Waals surface area contributed by atoms with E-state index in [1.807, 2.05) is 42.5 Å². The van der Waals surface area contributed by atoms with Crippen molar-refractivity contribution in [1.29, 1.82) is 0 Å². The number of furan rings is 1. The highest BCUT2D eigenvalue weighted by atomic mass is 16.4. The van der Waals surface area contributed by atoms with Crippen molar-refractivity contribution in [2.45, 2.75) is 19.0 Å². The number of rotatable bonds is 4. The summed E-state index contributed by atoms with van der Waals surface area (Å²) in [6.45, 7) is 1.57. The Labute approximate surface area is 165 Å². The summed E-state index contributed by atoms with van der Waals surface area (Å²) in [7, 11) is 0. The molecule has 1 atom stereocenters. The van der Waals surface area contributed by atoms with Gasteiger partial charge in [-0.1, -0.05) is 36.4 Å². The molecule has 0 unspecified atom stereocenters. The number of nitrogens with zero attached hydrogens (tertiary/aromatic N) is 3. The lowest BCUT2D eigenvalue weighted by atomic mass is 9.90. The third-order valence-corrected chi connectivity index (χ3v) is 5.09. The molecule has 1 aliphatic heterocycles. The summed E-state index contributed by atoms with van der Waals surface area (Å²) >= 11 is 0. The molecular weight excluding hydrogens is 372 g/mol. The predicted octanol–water partition coefficient (Wildman–Crippen LogP) is 3.45. The Morgan fingerprint density at radius 1 is 1.03 bits per heavy atom. The lowest BCUT2D eigenvalue weighted by molar-refractivity contribution is -0.131. The third-order valence-electron chi connectivity index (χ3n) is 5.09. The van der Waals surface area contributed by atoms with Gasteiger partial charge in [-0.15, -0.1) is 10.2 Å². The number of benzene rings is 2. The molecule has 0 aliphatic carbocycles. The molecule has 29 heavy (non-hydrogen) atoms. The molecule has 1 N–H and O–H groups in total. The monoisotopic (exact) mass is 388 g/mol. The summed E-state index contributed by atoms with van der Waals surface area (Å²) in [6, 6.07) is 16.4. The molecule has 1 fully saturated rings. The van der Waals surface area contributed by atoms with Crippen LogP contribution >= 0.6 is 0 Å². The molecule has 8 nitrogen and oxygen atoms in total. The topological polar surface area (TPSA) is 101 Å². The zero-order valence-corrected chi connectivity index (χ0v) is 15.5. The minimum atomic E-state index is -1.18. The van der Waals surface area contributed by atoms with Crippen LogP contribution in [0.25, 0.3) is 22.4 Å². The van der Waals surface area contributed by atoms with Gasteiger partial charge in [-0.25, -0.2) is 4.79 Å². The van der Waals surface area contributed by atoms with E-state index in [2.05, 4.69) is 15.5 Å². The van der Waals surface area contributed by atoms with Gasteiger partial charge >= 0.3 is 6.03 Å². The number of carbonyl (C=O) groups is 2. The van der Waals surface area contributed by atoms with E-state index in [1.165, 1.54) is 6.26 Å². The largest absolute Gasteiger partial charge is 0.459 e. The van der Waals surface area contributed by atoms with Gasteiger partial charge in [-0.2, -0.15) is 0 Å². The summed E-state index contributed by atoms with van der Waals surface area (Å²) in [4.78, 5) is 26.8. The van der Waals surface area contributed by atoms with Crippen LogP contribution < -0.4 is 5.32 Å². The van der Waals surface area contributed by atoms with E-state index in [1.54, 1.807) is 19.1 Å². The number of carbonyl (C=O) groups excluding carboxylic acids is 2. The first-order valence-electron chi connectivity index (χ1n) is 9.04. The molecule has 144 valence electrons. The predicted molar refractivity (Wildman–Crippen MR) is 102 cm³/mol. The van der Waals surface area contributed by atoms with Crippen molar-refractivity contribution in [2.24, 2.45) is 0 Å². The number of imide groups is 1. The Bertz CT molecular complexity index is 1230. The van der Waals surface area contributed by atoms with Crippen molar-refractivity contribution in [3.05, 3.63) is 72.3 Å². The van der Waals surface area contributed by atoms with Gasteiger partial charge in [0.1, 0.15) is 12.1 Å². The molecule has 3 heterocycles. The van der Waals surface area contributed by atoms with Crippen molar-refractivity contribution < 1.29 is 18.4 Å². The highest BCUT2D eigenvalue weighted by Crippen LogP contribution is 2.32. The summed E-state index contributed by atoms with van der Waals surface area (Å²) in [5.41, 5.74) is -0.468. The van der Waals surface area contributed by atoms with Gasteiger partial charge < -0.3 is 14.2 Å². The zero-order chi connectivity index (χ0) is 20.0. The SMILES string of the molecule is C[C@]1(c2ccc3ccccc3c2)NC(=O)N(Cc2nnc(-c3ccco3)o2)C1=O. The van der Waals surface area contributed by atoms with Gasteiger partial charge in [-0.05, 0) is 41.5 Å². The molecule has 0 bridgehead atoms. The van der Waals surface area contributed by atoms with Crippen molar-refractivity contribution in [2.75, 3.05) is 0 Å². The average Bonchev–Trinajstić information content (AvgIpc) is 3.46. The molecule has 2 aromatic heterocycles. The van der Waals surface area contributed by atoms with Crippen molar-refractivity contribution in [3.63, 3.8) is 0 Å². The Morgan fingerprint density at radius 3 is 2.66 bits per heavy atom. The van der Waals surface area contributed by atoms with Gasteiger partial charge in [0.2, 0.25) is 5.89 Å². The first kappa shape index (κ1) is 17.2.